The minimum absolute atomic E-state index is 0.00733. The fourth-order valence-electron chi connectivity index (χ4n) is 3.65. The highest BCUT2D eigenvalue weighted by Gasteiger charge is 2.50. The van der Waals surface area contributed by atoms with Crippen LogP contribution < -0.4 is 0 Å². The van der Waals surface area contributed by atoms with Crippen LogP contribution in [0.25, 0.3) is 0 Å². The summed E-state index contributed by atoms with van der Waals surface area (Å²) in [5, 5.41) is 0. The molecule has 4 nitrogen and oxygen atoms in total. The van der Waals surface area contributed by atoms with Crippen molar-refractivity contribution in [2.75, 3.05) is 40.3 Å². The van der Waals surface area contributed by atoms with Crippen LogP contribution in [0, 0.1) is 17.3 Å². The van der Waals surface area contributed by atoms with Crippen LogP contribution in [-0.4, -0.2) is 61.3 Å². The molecule has 2 rings (SSSR count). The number of carbonyl (C=O) groups excluding carboxylic acids is 2. The Morgan fingerprint density at radius 2 is 1.75 bits per heavy atom. The Bertz CT molecular complexity index is 405. The average molecular weight is 281 g/mol. The van der Waals surface area contributed by atoms with E-state index in [1.165, 1.54) is 0 Å². The number of amides is 1. The van der Waals surface area contributed by atoms with E-state index in [9.17, 15) is 9.59 Å². The molecule has 0 N–H and O–H groups in total. The summed E-state index contributed by atoms with van der Waals surface area (Å²) >= 11 is 0. The second-order valence-corrected chi connectivity index (χ2v) is 7.89. The van der Waals surface area contributed by atoms with Gasteiger partial charge in [-0.25, -0.2) is 0 Å². The molecule has 2 fully saturated rings. The molecule has 1 saturated carbocycles. The monoisotopic (exact) mass is 281 g/mol. The highest BCUT2D eigenvalue weighted by atomic mass is 16.2. The van der Waals surface area contributed by atoms with Gasteiger partial charge in [-0.15, -0.1) is 0 Å². The minimum Gasteiger partial charge on any atom is -0.331 e. The molecule has 1 aliphatic heterocycles. The lowest BCUT2D eigenvalue weighted by molar-refractivity contribution is -0.894. The van der Waals surface area contributed by atoms with Gasteiger partial charge in [0.2, 0.25) is 5.91 Å². The fraction of sp³-hybridized carbons (Fsp3) is 0.875. The molecule has 1 saturated heterocycles. The number of hydrogen-bond acceptors (Lipinski definition) is 2. The molecular formula is C16H29N2O2+. The van der Waals surface area contributed by atoms with Gasteiger partial charge in [-0.1, -0.05) is 13.8 Å². The maximum atomic E-state index is 12.4. The largest absolute Gasteiger partial charge is 0.331 e. The van der Waals surface area contributed by atoms with Gasteiger partial charge >= 0.3 is 0 Å². The van der Waals surface area contributed by atoms with Gasteiger partial charge in [0, 0.05) is 12.3 Å². The first-order valence-electron chi connectivity index (χ1n) is 7.74. The average Bonchev–Trinajstić information content (AvgIpc) is 2.33. The number of carbonyl (C=O) groups is 2. The van der Waals surface area contributed by atoms with Crippen LogP contribution in [-0.2, 0) is 9.59 Å². The number of rotatable bonds is 3. The van der Waals surface area contributed by atoms with Crippen LogP contribution in [0.15, 0.2) is 0 Å². The van der Waals surface area contributed by atoms with Crippen molar-refractivity contribution in [3.05, 3.63) is 0 Å². The third-order valence-corrected chi connectivity index (χ3v) is 5.69. The Morgan fingerprint density at radius 1 is 1.20 bits per heavy atom. The molecule has 1 amide bonds. The molecule has 2 atom stereocenters. The number of piperazine rings is 1. The van der Waals surface area contributed by atoms with Gasteiger partial charge in [0.05, 0.1) is 40.3 Å². The number of ketones is 1. The Morgan fingerprint density at radius 3 is 2.20 bits per heavy atom. The molecule has 0 spiro atoms. The summed E-state index contributed by atoms with van der Waals surface area (Å²) in [6, 6.07) is 0. The summed E-state index contributed by atoms with van der Waals surface area (Å²) in [6.07, 6.45) is 1.51. The van der Waals surface area contributed by atoms with Crippen molar-refractivity contribution in [1.82, 2.24) is 4.90 Å². The van der Waals surface area contributed by atoms with Gasteiger partial charge in [-0.2, -0.15) is 0 Å². The smallest absolute Gasteiger partial charge is 0.223 e. The van der Waals surface area contributed by atoms with Crippen molar-refractivity contribution in [2.24, 2.45) is 17.3 Å². The summed E-state index contributed by atoms with van der Waals surface area (Å²) < 4.78 is 1.01. The van der Waals surface area contributed by atoms with E-state index in [2.05, 4.69) is 27.9 Å². The molecule has 0 unspecified atom stereocenters. The van der Waals surface area contributed by atoms with E-state index < -0.39 is 0 Å². The Kier molecular flexibility index (Phi) is 3.98. The maximum Gasteiger partial charge on any atom is 0.223 e. The van der Waals surface area contributed by atoms with Crippen molar-refractivity contribution in [1.29, 1.82) is 0 Å². The van der Waals surface area contributed by atoms with E-state index >= 15 is 0 Å². The van der Waals surface area contributed by atoms with E-state index in [0.29, 0.717) is 12.3 Å². The van der Waals surface area contributed by atoms with E-state index in [0.717, 1.165) is 37.1 Å². The van der Waals surface area contributed by atoms with E-state index in [4.69, 9.17) is 0 Å². The third kappa shape index (κ3) is 2.90. The molecule has 20 heavy (non-hydrogen) atoms. The predicted octanol–water partition coefficient (Wildman–Crippen LogP) is 1.55. The molecule has 0 radical (unpaired) electrons. The Balaban J connectivity index is 1.86. The number of Topliss-reactive ketones (excluding diaryl/α,β-unsaturated/α-hetero) is 1. The van der Waals surface area contributed by atoms with Crippen LogP contribution >= 0.6 is 0 Å². The number of quaternary nitrogens is 1. The SMILES string of the molecule is CC(=O)[C@H]1C[C@H](CC(=O)N2CC[N+](C)(C)CC2)C1(C)C. The quantitative estimate of drug-likeness (QED) is 0.736. The number of hydrogen-bond donors (Lipinski definition) is 0. The maximum absolute atomic E-state index is 12.4. The molecule has 0 aromatic carbocycles. The van der Waals surface area contributed by atoms with Crippen LogP contribution in [0.1, 0.15) is 33.6 Å². The zero-order valence-electron chi connectivity index (χ0n) is 13.6. The first-order chi connectivity index (χ1) is 9.13. The second kappa shape index (κ2) is 5.14. The molecule has 0 aromatic rings. The van der Waals surface area contributed by atoms with Gasteiger partial charge in [0.1, 0.15) is 5.78 Å². The third-order valence-electron chi connectivity index (χ3n) is 5.69. The van der Waals surface area contributed by atoms with Crippen LogP contribution in [0.4, 0.5) is 0 Å². The summed E-state index contributed by atoms with van der Waals surface area (Å²) in [4.78, 5) is 26.0. The highest BCUT2D eigenvalue weighted by Crippen LogP contribution is 2.53. The molecule has 1 aliphatic carbocycles. The summed E-state index contributed by atoms with van der Waals surface area (Å²) in [5.41, 5.74) is -0.00733. The topological polar surface area (TPSA) is 37.4 Å². The van der Waals surface area contributed by atoms with Crippen molar-refractivity contribution < 1.29 is 14.1 Å². The van der Waals surface area contributed by atoms with Crippen molar-refractivity contribution >= 4 is 11.7 Å². The highest BCUT2D eigenvalue weighted by molar-refractivity contribution is 5.81. The lowest BCUT2D eigenvalue weighted by Crippen LogP contribution is -2.57. The molecule has 0 bridgehead atoms. The van der Waals surface area contributed by atoms with Crippen LogP contribution in [0.2, 0.25) is 0 Å². The first kappa shape index (κ1) is 15.5. The number of likely N-dealkylation sites (N-methyl/N-ethyl adjacent to an activating group) is 1. The molecule has 1 heterocycles. The van der Waals surface area contributed by atoms with Gasteiger partial charge in [-0.3, -0.25) is 9.59 Å². The standard InChI is InChI=1S/C16H29N2O2/c1-12(19)14-10-13(16(14,2)3)11-15(20)17-6-8-18(4,5)9-7-17/h13-14H,6-11H2,1-5H3/q+1/t13-,14-/m1/s1. The van der Waals surface area contributed by atoms with Gasteiger partial charge in [0.25, 0.3) is 0 Å². The number of nitrogens with zero attached hydrogens (tertiary/aromatic N) is 2. The van der Waals surface area contributed by atoms with E-state index in [1.807, 2.05) is 4.90 Å². The lowest BCUT2D eigenvalue weighted by atomic mass is 9.52. The predicted molar refractivity (Wildman–Crippen MR) is 79.1 cm³/mol. The first-order valence-corrected chi connectivity index (χ1v) is 7.74. The Hall–Kier alpha value is -0.900. The lowest BCUT2D eigenvalue weighted by Gasteiger charge is -2.51. The van der Waals surface area contributed by atoms with Crippen LogP contribution in [0.5, 0.6) is 0 Å². The molecule has 0 aromatic heterocycles. The van der Waals surface area contributed by atoms with Gasteiger partial charge in [-0.05, 0) is 24.7 Å². The Labute approximate surface area is 122 Å². The van der Waals surface area contributed by atoms with Gasteiger partial charge < -0.3 is 9.38 Å². The summed E-state index contributed by atoms with van der Waals surface area (Å²) in [6.45, 7) is 9.76. The molecular weight excluding hydrogens is 252 g/mol. The van der Waals surface area contributed by atoms with Crippen molar-refractivity contribution in [3.63, 3.8) is 0 Å². The van der Waals surface area contributed by atoms with Gasteiger partial charge in [0.15, 0.2) is 0 Å². The zero-order valence-corrected chi connectivity index (χ0v) is 13.6. The van der Waals surface area contributed by atoms with Crippen molar-refractivity contribution in [3.8, 4) is 0 Å². The molecule has 114 valence electrons. The van der Waals surface area contributed by atoms with Crippen molar-refractivity contribution in [2.45, 2.75) is 33.6 Å². The summed E-state index contributed by atoms with van der Waals surface area (Å²) in [5.74, 6) is 1.08. The molecule has 4 heteroatoms. The van der Waals surface area contributed by atoms with Crippen LogP contribution in [0.3, 0.4) is 0 Å². The summed E-state index contributed by atoms with van der Waals surface area (Å²) in [7, 11) is 4.43. The normalized spacial score (nSPS) is 31.6. The van der Waals surface area contributed by atoms with E-state index in [1.54, 1.807) is 6.92 Å². The molecule has 2 aliphatic rings. The fourth-order valence-corrected chi connectivity index (χ4v) is 3.65. The minimum atomic E-state index is -0.00733. The zero-order chi connectivity index (χ0) is 15.1. The second-order valence-electron chi connectivity index (χ2n) is 7.89. The van der Waals surface area contributed by atoms with E-state index in [-0.39, 0.29) is 23.0 Å².